The SMILES string of the molecule is COc1cc(OC)c(NC(=O)C2CCCc3ccccc32)cc1Cl. The number of carbonyl (C=O) groups is 1. The van der Waals surface area contributed by atoms with E-state index in [0.29, 0.717) is 22.2 Å². The van der Waals surface area contributed by atoms with Crippen LogP contribution in [0.1, 0.15) is 29.9 Å². The highest BCUT2D eigenvalue weighted by molar-refractivity contribution is 6.32. The van der Waals surface area contributed by atoms with E-state index in [4.69, 9.17) is 21.1 Å². The molecule has 0 radical (unpaired) electrons. The first-order valence-electron chi connectivity index (χ1n) is 7.94. The second-order valence-electron chi connectivity index (χ2n) is 5.82. The summed E-state index contributed by atoms with van der Waals surface area (Å²) in [5.74, 6) is 0.838. The molecule has 0 aromatic heterocycles. The molecule has 1 aliphatic carbocycles. The van der Waals surface area contributed by atoms with Gasteiger partial charge in [-0.05, 0) is 36.5 Å². The fraction of sp³-hybridized carbons (Fsp3) is 0.316. The van der Waals surface area contributed by atoms with Crippen LogP contribution in [0.4, 0.5) is 5.69 Å². The van der Waals surface area contributed by atoms with Gasteiger partial charge in [0.15, 0.2) is 0 Å². The van der Waals surface area contributed by atoms with Crippen molar-refractivity contribution in [2.24, 2.45) is 0 Å². The van der Waals surface area contributed by atoms with E-state index < -0.39 is 0 Å². The number of amides is 1. The van der Waals surface area contributed by atoms with Gasteiger partial charge in [0.2, 0.25) is 5.91 Å². The van der Waals surface area contributed by atoms with Crippen LogP contribution in [0, 0.1) is 0 Å². The zero-order valence-corrected chi connectivity index (χ0v) is 14.5. The van der Waals surface area contributed by atoms with E-state index in [1.165, 1.54) is 12.7 Å². The van der Waals surface area contributed by atoms with Gasteiger partial charge in [0, 0.05) is 6.07 Å². The van der Waals surface area contributed by atoms with Crippen LogP contribution in [-0.2, 0) is 11.2 Å². The quantitative estimate of drug-likeness (QED) is 0.892. The topological polar surface area (TPSA) is 47.6 Å². The maximum absolute atomic E-state index is 12.8. The van der Waals surface area contributed by atoms with E-state index in [0.717, 1.165) is 24.8 Å². The zero-order chi connectivity index (χ0) is 17.1. The molecule has 1 aliphatic rings. The third kappa shape index (κ3) is 3.20. The van der Waals surface area contributed by atoms with E-state index in [-0.39, 0.29) is 11.8 Å². The van der Waals surface area contributed by atoms with Gasteiger partial charge in [-0.15, -0.1) is 0 Å². The fourth-order valence-corrected chi connectivity index (χ4v) is 3.44. The van der Waals surface area contributed by atoms with Crippen LogP contribution < -0.4 is 14.8 Å². The molecule has 5 heteroatoms. The summed E-state index contributed by atoms with van der Waals surface area (Å²) in [5.41, 5.74) is 2.92. The molecular weight excluding hydrogens is 326 g/mol. The van der Waals surface area contributed by atoms with Crippen molar-refractivity contribution in [2.75, 3.05) is 19.5 Å². The van der Waals surface area contributed by atoms with Gasteiger partial charge in [0.1, 0.15) is 11.5 Å². The standard InChI is InChI=1S/C19H20ClNO3/c1-23-17-11-18(24-2)16(10-15(17)20)21-19(22)14-9-5-7-12-6-3-4-8-13(12)14/h3-4,6,8,10-11,14H,5,7,9H2,1-2H3,(H,21,22). The molecule has 0 heterocycles. The Kier molecular flexibility index (Phi) is 4.95. The van der Waals surface area contributed by atoms with Crippen LogP contribution in [0.2, 0.25) is 5.02 Å². The van der Waals surface area contributed by atoms with Gasteiger partial charge in [0.05, 0.1) is 30.8 Å². The number of aryl methyl sites for hydroxylation is 1. The van der Waals surface area contributed by atoms with Crippen molar-refractivity contribution in [3.8, 4) is 11.5 Å². The van der Waals surface area contributed by atoms with E-state index in [9.17, 15) is 4.79 Å². The van der Waals surface area contributed by atoms with Crippen LogP contribution in [0.5, 0.6) is 11.5 Å². The lowest BCUT2D eigenvalue weighted by Gasteiger charge is -2.25. The van der Waals surface area contributed by atoms with E-state index in [1.807, 2.05) is 18.2 Å². The van der Waals surface area contributed by atoms with Crippen LogP contribution in [-0.4, -0.2) is 20.1 Å². The summed E-state index contributed by atoms with van der Waals surface area (Å²) in [6.07, 6.45) is 2.88. The number of ether oxygens (including phenoxy) is 2. The number of hydrogen-bond donors (Lipinski definition) is 1. The third-order valence-electron chi connectivity index (χ3n) is 4.42. The molecule has 1 atom stereocenters. The molecule has 24 heavy (non-hydrogen) atoms. The molecule has 4 nitrogen and oxygen atoms in total. The smallest absolute Gasteiger partial charge is 0.232 e. The van der Waals surface area contributed by atoms with E-state index >= 15 is 0 Å². The first-order chi connectivity index (χ1) is 11.6. The second-order valence-corrected chi connectivity index (χ2v) is 6.23. The number of anilines is 1. The Hall–Kier alpha value is -2.20. The van der Waals surface area contributed by atoms with Crippen molar-refractivity contribution in [1.82, 2.24) is 0 Å². The number of carbonyl (C=O) groups excluding carboxylic acids is 1. The number of halogens is 1. The number of rotatable bonds is 4. The molecule has 0 fully saturated rings. The summed E-state index contributed by atoms with van der Waals surface area (Å²) < 4.78 is 10.5. The van der Waals surface area contributed by atoms with Crippen LogP contribution >= 0.6 is 11.6 Å². The highest BCUT2D eigenvalue weighted by atomic mass is 35.5. The minimum Gasteiger partial charge on any atom is -0.495 e. The lowest BCUT2D eigenvalue weighted by atomic mass is 9.82. The minimum atomic E-state index is -0.152. The van der Waals surface area contributed by atoms with Crippen molar-refractivity contribution in [3.63, 3.8) is 0 Å². The minimum absolute atomic E-state index is 0.0401. The monoisotopic (exact) mass is 345 g/mol. The predicted molar refractivity (Wildman–Crippen MR) is 95.3 cm³/mol. The molecule has 1 amide bonds. The molecule has 1 N–H and O–H groups in total. The molecule has 2 aromatic carbocycles. The van der Waals surface area contributed by atoms with Gasteiger partial charge < -0.3 is 14.8 Å². The second kappa shape index (κ2) is 7.14. The summed E-state index contributed by atoms with van der Waals surface area (Å²) in [5, 5.41) is 3.39. The Morgan fingerprint density at radius 2 is 1.92 bits per heavy atom. The van der Waals surface area contributed by atoms with Gasteiger partial charge in [-0.3, -0.25) is 4.79 Å². The van der Waals surface area contributed by atoms with Crippen molar-refractivity contribution >= 4 is 23.2 Å². The molecular formula is C19H20ClNO3. The average Bonchev–Trinajstić information content (AvgIpc) is 2.61. The average molecular weight is 346 g/mol. The summed E-state index contributed by atoms with van der Waals surface area (Å²) >= 11 is 6.18. The van der Waals surface area contributed by atoms with Gasteiger partial charge in [-0.25, -0.2) is 0 Å². The maximum Gasteiger partial charge on any atom is 0.232 e. The van der Waals surface area contributed by atoms with Crippen molar-refractivity contribution in [3.05, 3.63) is 52.5 Å². The van der Waals surface area contributed by atoms with Crippen LogP contribution in [0.15, 0.2) is 36.4 Å². The summed E-state index contributed by atoms with van der Waals surface area (Å²) in [7, 11) is 3.09. The maximum atomic E-state index is 12.8. The highest BCUT2D eigenvalue weighted by Crippen LogP contribution is 2.38. The first kappa shape index (κ1) is 16.7. The molecule has 0 spiro atoms. The lowest BCUT2D eigenvalue weighted by Crippen LogP contribution is -2.25. The predicted octanol–water partition coefficient (Wildman–Crippen LogP) is 4.42. The molecule has 0 bridgehead atoms. The lowest BCUT2D eigenvalue weighted by molar-refractivity contribution is -0.117. The Morgan fingerprint density at radius 3 is 2.67 bits per heavy atom. The van der Waals surface area contributed by atoms with Gasteiger partial charge in [0.25, 0.3) is 0 Å². The van der Waals surface area contributed by atoms with E-state index in [2.05, 4.69) is 11.4 Å². The Bertz CT molecular complexity index is 760. The van der Waals surface area contributed by atoms with Gasteiger partial charge in [-0.1, -0.05) is 35.9 Å². The number of fused-ring (bicyclic) bond motifs is 1. The molecule has 2 aromatic rings. The summed E-state index contributed by atoms with van der Waals surface area (Å²) in [4.78, 5) is 12.8. The zero-order valence-electron chi connectivity index (χ0n) is 13.8. The molecule has 1 unspecified atom stereocenters. The molecule has 0 saturated carbocycles. The Morgan fingerprint density at radius 1 is 1.17 bits per heavy atom. The number of nitrogens with one attached hydrogen (secondary N) is 1. The van der Waals surface area contributed by atoms with Crippen LogP contribution in [0.25, 0.3) is 0 Å². The summed E-state index contributed by atoms with van der Waals surface area (Å²) in [6.45, 7) is 0. The number of methoxy groups -OCH3 is 2. The molecule has 3 rings (SSSR count). The number of benzene rings is 2. The number of hydrogen-bond acceptors (Lipinski definition) is 3. The normalized spacial score (nSPS) is 16.2. The summed E-state index contributed by atoms with van der Waals surface area (Å²) in [6, 6.07) is 11.5. The third-order valence-corrected chi connectivity index (χ3v) is 4.71. The first-order valence-corrected chi connectivity index (χ1v) is 8.32. The highest BCUT2D eigenvalue weighted by Gasteiger charge is 2.27. The van der Waals surface area contributed by atoms with Crippen molar-refractivity contribution in [2.45, 2.75) is 25.2 Å². The largest absolute Gasteiger partial charge is 0.495 e. The Labute approximate surface area is 146 Å². The van der Waals surface area contributed by atoms with Crippen LogP contribution in [0.3, 0.4) is 0 Å². The van der Waals surface area contributed by atoms with Crippen molar-refractivity contribution < 1.29 is 14.3 Å². The Balaban J connectivity index is 1.87. The van der Waals surface area contributed by atoms with Gasteiger partial charge >= 0.3 is 0 Å². The molecule has 0 aliphatic heterocycles. The molecule has 126 valence electrons. The fourth-order valence-electron chi connectivity index (χ4n) is 3.20. The van der Waals surface area contributed by atoms with E-state index in [1.54, 1.807) is 19.2 Å². The van der Waals surface area contributed by atoms with Gasteiger partial charge in [-0.2, -0.15) is 0 Å². The van der Waals surface area contributed by atoms with Crippen molar-refractivity contribution in [1.29, 1.82) is 0 Å². The molecule has 0 saturated heterocycles.